The number of piperazine rings is 1. The largest absolute Gasteiger partial charge is 0.433 e. The molecule has 7 heteroatoms. The fourth-order valence-electron chi connectivity index (χ4n) is 2.88. The monoisotopic (exact) mass is 336 g/mol. The van der Waals surface area contributed by atoms with Crippen molar-refractivity contribution in [1.82, 2.24) is 9.97 Å². The van der Waals surface area contributed by atoms with Gasteiger partial charge in [-0.3, -0.25) is 0 Å². The van der Waals surface area contributed by atoms with Crippen molar-refractivity contribution in [2.75, 3.05) is 36.0 Å². The van der Waals surface area contributed by atoms with Gasteiger partial charge < -0.3 is 9.80 Å². The van der Waals surface area contributed by atoms with E-state index in [4.69, 9.17) is 0 Å². The molecule has 0 aliphatic carbocycles. The van der Waals surface area contributed by atoms with Gasteiger partial charge in [0.05, 0.1) is 0 Å². The topological polar surface area (TPSA) is 32.3 Å². The number of rotatable bonds is 2. The summed E-state index contributed by atoms with van der Waals surface area (Å²) in [5.41, 5.74) is 1.45. The Bertz CT molecular complexity index is 722. The minimum atomic E-state index is -4.45. The van der Waals surface area contributed by atoms with Crippen LogP contribution in [0, 0.1) is 13.8 Å². The Labute approximate surface area is 138 Å². The van der Waals surface area contributed by atoms with E-state index in [1.54, 1.807) is 0 Å². The molecule has 2 heterocycles. The van der Waals surface area contributed by atoms with Gasteiger partial charge in [0.25, 0.3) is 0 Å². The minimum absolute atomic E-state index is 0.140. The van der Waals surface area contributed by atoms with Crippen LogP contribution in [0.5, 0.6) is 0 Å². The van der Waals surface area contributed by atoms with Crippen LogP contribution in [-0.2, 0) is 6.18 Å². The maximum absolute atomic E-state index is 12.9. The summed E-state index contributed by atoms with van der Waals surface area (Å²) in [6, 6.07) is 9.27. The molecular weight excluding hydrogens is 317 g/mol. The summed E-state index contributed by atoms with van der Waals surface area (Å²) >= 11 is 0. The van der Waals surface area contributed by atoms with E-state index >= 15 is 0 Å². The SMILES string of the molecule is Cc1cccc(N2CCN(c3cc(C(F)(F)F)nc(C)n3)CC2)c1. The lowest BCUT2D eigenvalue weighted by Crippen LogP contribution is -2.47. The molecule has 1 aliphatic rings. The average molecular weight is 336 g/mol. The number of anilines is 2. The normalized spacial score (nSPS) is 15.7. The van der Waals surface area contributed by atoms with Gasteiger partial charge in [-0.05, 0) is 31.5 Å². The van der Waals surface area contributed by atoms with E-state index < -0.39 is 11.9 Å². The molecule has 0 atom stereocenters. The Morgan fingerprint density at radius 3 is 2.21 bits per heavy atom. The molecule has 0 bridgehead atoms. The summed E-state index contributed by atoms with van der Waals surface area (Å²) in [7, 11) is 0. The number of aromatic nitrogens is 2. The molecule has 0 amide bonds. The van der Waals surface area contributed by atoms with Crippen LogP contribution in [0.4, 0.5) is 24.7 Å². The minimum Gasteiger partial charge on any atom is -0.368 e. The first-order chi connectivity index (χ1) is 11.3. The quantitative estimate of drug-likeness (QED) is 0.841. The van der Waals surface area contributed by atoms with Gasteiger partial charge in [-0.1, -0.05) is 12.1 Å². The number of halogens is 3. The lowest BCUT2D eigenvalue weighted by molar-refractivity contribution is -0.141. The number of hydrogen-bond acceptors (Lipinski definition) is 4. The second-order valence-electron chi connectivity index (χ2n) is 5.97. The van der Waals surface area contributed by atoms with E-state index in [2.05, 4.69) is 27.0 Å². The molecule has 0 N–H and O–H groups in total. The lowest BCUT2D eigenvalue weighted by Gasteiger charge is -2.37. The van der Waals surface area contributed by atoms with E-state index in [1.807, 2.05) is 24.0 Å². The molecule has 3 rings (SSSR count). The Morgan fingerprint density at radius 1 is 0.917 bits per heavy atom. The molecule has 1 aromatic heterocycles. The third-order valence-corrected chi connectivity index (χ3v) is 4.09. The van der Waals surface area contributed by atoms with E-state index in [-0.39, 0.29) is 5.82 Å². The number of nitrogens with zero attached hydrogens (tertiary/aromatic N) is 4. The molecule has 4 nitrogen and oxygen atoms in total. The predicted octanol–water partition coefficient (Wildman–Crippen LogP) is 3.44. The molecule has 0 spiro atoms. The smallest absolute Gasteiger partial charge is 0.368 e. The van der Waals surface area contributed by atoms with Gasteiger partial charge in [0.2, 0.25) is 0 Å². The van der Waals surface area contributed by atoms with Crippen molar-refractivity contribution >= 4 is 11.5 Å². The van der Waals surface area contributed by atoms with Crippen LogP contribution < -0.4 is 9.80 Å². The summed E-state index contributed by atoms with van der Waals surface area (Å²) in [6.07, 6.45) is -4.45. The fraction of sp³-hybridized carbons (Fsp3) is 0.412. The Morgan fingerprint density at radius 2 is 1.58 bits per heavy atom. The highest BCUT2D eigenvalue weighted by molar-refractivity contribution is 5.51. The first-order valence-electron chi connectivity index (χ1n) is 7.82. The lowest BCUT2D eigenvalue weighted by atomic mass is 10.2. The van der Waals surface area contributed by atoms with Gasteiger partial charge in [0, 0.05) is 37.9 Å². The highest BCUT2D eigenvalue weighted by atomic mass is 19.4. The molecule has 1 saturated heterocycles. The van der Waals surface area contributed by atoms with E-state index in [0.29, 0.717) is 18.9 Å². The van der Waals surface area contributed by atoms with E-state index in [1.165, 1.54) is 12.5 Å². The standard InChI is InChI=1S/C17H19F3N4/c1-12-4-3-5-14(10-12)23-6-8-24(9-7-23)16-11-15(17(18,19)20)21-13(2)22-16/h3-5,10-11H,6-9H2,1-2H3. The highest BCUT2D eigenvalue weighted by Gasteiger charge is 2.34. The first kappa shape index (κ1) is 16.5. The molecule has 0 radical (unpaired) electrons. The van der Waals surface area contributed by atoms with Crippen molar-refractivity contribution in [3.8, 4) is 0 Å². The van der Waals surface area contributed by atoms with Crippen LogP contribution >= 0.6 is 0 Å². The van der Waals surface area contributed by atoms with Crippen molar-refractivity contribution in [3.63, 3.8) is 0 Å². The Hall–Kier alpha value is -2.31. The zero-order valence-corrected chi connectivity index (χ0v) is 13.6. The van der Waals surface area contributed by atoms with E-state index in [0.717, 1.165) is 24.8 Å². The molecule has 1 aliphatic heterocycles. The number of benzene rings is 1. The van der Waals surface area contributed by atoms with Crippen LogP contribution in [-0.4, -0.2) is 36.1 Å². The fourth-order valence-corrected chi connectivity index (χ4v) is 2.88. The van der Waals surface area contributed by atoms with Crippen molar-refractivity contribution in [1.29, 1.82) is 0 Å². The second-order valence-corrected chi connectivity index (χ2v) is 5.97. The van der Waals surface area contributed by atoms with Crippen molar-refractivity contribution < 1.29 is 13.2 Å². The molecule has 1 fully saturated rings. The van der Waals surface area contributed by atoms with Crippen LogP contribution in [0.15, 0.2) is 30.3 Å². The summed E-state index contributed by atoms with van der Waals surface area (Å²) in [4.78, 5) is 11.8. The predicted molar refractivity (Wildman–Crippen MR) is 87.4 cm³/mol. The van der Waals surface area contributed by atoms with Gasteiger partial charge in [-0.15, -0.1) is 0 Å². The van der Waals surface area contributed by atoms with Gasteiger partial charge >= 0.3 is 6.18 Å². The van der Waals surface area contributed by atoms with E-state index in [9.17, 15) is 13.2 Å². The molecule has 128 valence electrons. The van der Waals surface area contributed by atoms with Crippen LogP contribution in [0.25, 0.3) is 0 Å². The molecule has 1 aromatic carbocycles. The molecule has 0 unspecified atom stereocenters. The van der Waals surface area contributed by atoms with Gasteiger partial charge in [0.15, 0.2) is 0 Å². The molecule has 0 saturated carbocycles. The zero-order valence-electron chi connectivity index (χ0n) is 13.6. The Kier molecular flexibility index (Phi) is 4.34. The van der Waals surface area contributed by atoms with Crippen LogP contribution in [0.2, 0.25) is 0 Å². The highest BCUT2D eigenvalue weighted by Crippen LogP contribution is 2.30. The van der Waals surface area contributed by atoms with Gasteiger partial charge in [-0.2, -0.15) is 13.2 Å². The third-order valence-electron chi connectivity index (χ3n) is 4.09. The number of aryl methyl sites for hydroxylation is 2. The second kappa shape index (κ2) is 6.30. The van der Waals surface area contributed by atoms with Crippen molar-refractivity contribution in [3.05, 3.63) is 47.4 Å². The maximum atomic E-state index is 12.9. The summed E-state index contributed by atoms with van der Waals surface area (Å²) < 4.78 is 38.8. The van der Waals surface area contributed by atoms with Crippen LogP contribution in [0.1, 0.15) is 17.1 Å². The number of hydrogen-bond donors (Lipinski definition) is 0. The average Bonchev–Trinajstić information content (AvgIpc) is 2.54. The molecular formula is C17H19F3N4. The summed E-state index contributed by atoms with van der Waals surface area (Å²) in [6.45, 7) is 6.27. The Balaban J connectivity index is 1.74. The summed E-state index contributed by atoms with van der Waals surface area (Å²) in [5.74, 6) is 0.486. The maximum Gasteiger partial charge on any atom is 0.433 e. The van der Waals surface area contributed by atoms with Crippen LogP contribution in [0.3, 0.4) is 0 Å². The first-order valence-corrected chi connectivity index (χ1v) is 7.82. The zero-order chi connectivity index (χ0) is 17.3. The summed E-state index contributed by atoms with van der Waals surface area (Å²) in [5, 5.41) is 0. The van der Waals surface area contributed by atoms with Crippen molar-refractivity contribution in [2.24, 2.45) is 0 Å². The molecule has 24 heavy (non-hydrogen) atoms. The van der Waals surface area contributed by atoms with Gasteiger partial charge in [-0.25, -0.2) is 9.97 Å². The third kappa shape index (κ3) is 3.60. The van der Waals surface area contributed by atoms with Gasteiger partial charge in [0.1, 0.15) is 17.3 Å². The molecule has 2 aromatic rings. The number of alkyl halides is 3. The van der Waals surface area contributed by atoms with Crippen molar-refractivity contribution in [2.45, 2.75) is 20.0 Å².